The summed E-state index contributed by atoms with van der Waals surface area (Å²) < 4.78 is 0. The van der Waals surface area contributed by atoms with Gasteiger partial charge in [0.15, 0.2) is 0 Å². The molecule has 7 heteroatoms. The van der Waals surface area contributed by atoms with Crippen LogP contribution in [0, 0.1) is 0 Å². The number of amides is 3. The van der Waals surface area contributed by atoms with E-state index in [0.29, 0.717) is 15.6 Å². The first-order valence-corrected chi connectivity index (χ1v) is 6.43. The highest BCUT2D eigenvalue weighted by molar-refractivity contribution is 6.37. The first-order valence-electron chi connectivity index (χ1n) is 5.68. The number of imide groups is 1. The summed E-state index contributed by atoms with van der Waals surface area (Å²) in [4.78, 5) is 35.8. The molecule has 0 spiro atoms. The van der Waals surface area contributed by atoms with Crippen LogP contribution in [0.25, 0.3) is 6.08 Å². The van der Waals surface area contributed by atoms with E-state index in [0.717, 1.165) is 4.90 Å². The quantitative estimate of drug-likeness (QED) is 0.805. The minimum atomic E-state index is -0.590. The predicted molar refractivity (Wildman–Crippen MR) is 75.0 cm³/mol. The number of piperazine rings is 1. The van der Waals surface area contributed by atoms with Crippen molar-refractivity contribution in [1.29, 1.82) is 0 Å². The van der Waals surface area contributed by atoms with Gasteiger partial charge < -0.3 is 5.32 Å². The maximum absolute atomic E-state index is 12.1. The Morgan fingerprint density at radius 1 is 1.30 bits per heavy atom. The fourth-order valence-electron chi connectivity index (χ4n) is 1.75. The van der Waals surface area contributed by atoms with Gasteiger partial charge in [-0.25, -0.2) is 0 Å². The van der Waals surface area contributed by atoms with Crippen LogP contribution in [0.4, 0.5) is 0 Å². The van der Waals surface area contributed by atoms with E-state index in [4.69, 9.17) is 23.2 Å². The van der Waals surface area contributed by atoms with E-state index in [1.54, 1.807) is 18.2 Å². The van der Waals surface area contributed by atoms with Crippen molar-refractivity contribution < 1.29 is 14.4 Å². The minimum absolute atomic E-state index is 0.0357. The molecule has 0 atom stereocenters. The summed E-state index contributed by atoms with van der Waals surface area (Å²) in [6.07, 6.45) is 1.36. The maximum atomic E-state index is 12.1. The second-order valence-electron chi connectivity index (χ2n) is 4.15. The summed E-state index contributed by atoms with van der Waals surface area (Å²) >= 11 is 12.0. The number of carbonyl (C=O) groups excluding carboxylic acids is 3. The van der Waals surface area contributed by atoms with Crippen molar-refractivity contribution in [3.8, 4) is 0 Å². The van der Waals surface area contributed by atoms with Crippen LogP contribution in [-0.4, -0.2) is 29.2 Å². The van der Waals surface area contributed by atoms with Gasteiger partial charge in [-0.3, -0.25) is 19.3 Å². The molecule has 1 aliphatic heterocycles. The highest BCUT2D eigenvalue weighted by Crippen LogP contribution is 2.27. The molecule has 1 aromatic rings. The van der Waals surface area contributed by atoms with Gasteiger partial charge in [0.25, 0.3) is 5.91 Å². The Morgan fingerprint density at radius 3 is 2.45 bits per heavy atom. The summed E-state index contributed by atoms with van der Waals surface area (Å²) in [5.41, 5.74) is 0.372. The second kappa shape index (κ2) is 5.64. The average molecular weight is 313 g/mol. The van der Waals surface area contributed by atoms with Gasteiger partial charge in [0.1, 0.15) is 12.2 Å². The van der Waals surface area contributed by atoms with Crippen molar-refractivity contribution in [1.82, 2.24) is 10.2 Å². The van der Waals surface area contributed by atoms with Crippen LogP contribution >= 0.6 is 23.2 Å². The molecule has 3 amide bonds. The average Bonchev–Trinajstić information content (AvgIpc) is 2.37. The van der Waals surface area contributed by atoms with Crippen molar-refractivity contribution in [2.45, 2.75) is 6.92 Å². The van der Waals surface area contributed by atoms with E-state index < -0.39 is 17.7 Å². The summed E-state index contributed by atoms with van der Waals surface area (Å²) in [5, 5.41) is 3.09. The van der Waals surface area contributed by atoms with Crippen LogP contribution in [0.3, 0.4) is 0 Å². The monoisotopic (exact) mass is 312 g/mol. The molecule has 0 radical (unpaired) electrons. The number of benzene rings is 1. The fraction of sp³-hybridized carbons (Fsp3) is 0.154. The number of carbonyl (C=O) groups is 3. The highest BCUT2D eigenvalue weighted by Gasteiger charge is 2.30. The van der Waals surface area contributed by atoms with Crippen molar-refractivity contribution in [3.63, 3.8) is 0 Å². The molecule has 0 aliphatic carbocycles. The smallest absolute Gasteiger partial charge is 0.277 e. The molecule has 2 rings (SSSR count). The summed E-state index contributed by atoms with van der Waals surface area (Å²) in [5.74, 6) is -1.54. The number of rotatable bonds is 1. The third-order valence-electron chi connectivity index (χ3n) is 2.72. The standard InChI is InChI=1S/C13H10Cl2N2O3/c1-7(18)17-6-12(19)16-11(13(17)20)5-8-9(14)3-2-4-10(8)15/h2-5H,6H2,1H3,(H,16,19)/b11-5+. The molecule has 0 bridgehead atoms. The van der Waals surface area contributed by atoms with Gasteiger partial charge in [0, 0.05) is 22.5 Å². The lowest BCUT2D eigenvalue weighted by Crippen LogP contribution is -2.51. The van der Waals surface area contributed by atoms with Crippen LogP contribution in [-0.2, 0) is 14.4 Å². The van der Waals surface area contributed by atoms with Crippen LogP contribution in [0.1, 0.15) is 12.5 Å². The maximum Gasteiger partial charge on any atom is 0.277 e. The molecule has 0 saturated carbocycles. The minimum Gasteiger partial charge on any atom is -0.320 e. The van der Waals surface area contributed by atoms with Crippen molar-refractivity contribution >= 4 is 47.0 Å². The number of hydrogen-bond acceptors (Lipinski definition) is 3. The zero-order valence-corrected chi connectivity index (χ0v) is 12.0. The normalized spacial score (nSPS) is 17.4. The van der Waals surface area contributed by atoms with Gasteiger partial charge in [0.05, 0.1) is 0 Å². The zero-order valence-electron chi connectivity index (χ0n) is 10.4. The Kier molecular flexibility index (Phi) is 4.11. The van der Waals surface area contributed by atoms with Crippen molar-refractivity contribution in [3.05, 3.63) is 39.5 Å². The van der Waals surface area contributed by atoms with Crippen LogP contribution < -0.4 is 5.32 Å². The van der Waals surface area contributed by atoms with E-state index in [9.17, 15) is 14.4 Å². The molecule has 0 aromatic heterocycles. The van der Waals surface area contributed by atoms with Crippen LogP contribution in [0.5, 0.6) is 0 Å². The van der Waals surface area contributed by atoms with Crippen molar-refractivity contribution in [2.24, 2.45) is 0 Å². The van der Waals surface area contributed by atoms with Gasteiger partial charge in [-0.2, -0.15) is 0 Å². The molecule has 1 aromatic carbocycles. The van der Waals surface area contributed by atoms with Gasteiger partial charge in [0.2, 0.25) is 11.8 Å². The third kappa shape index (κ3) is 2.84. The first kappa shape index (κ1) is 14.6. The Hall–Kier alpha value is -1.85. The Morgan fingerprint density at radius 2 is 1.90 bits per heavy atom. The molecule has 1 N–H and O–H groups in total. The topological polar surface area (TPSA) is 66.5 Å². The molecule has 5 nitrogen and oxygen atoms in total. The Labute approximate surface area is 125 Å². The molecule has 20 heavy (non-hydrogen) atoms. The fourth-order valence-corrected chi connectivity index (χ4v) is 2.26. The molecule has 1 saturated heterocycles. The molecular weight excluding hydrogens is 303 g/mol. The molecular formula is C13H10Cl2N2O3. The largest absolute Gasteiger partial charge is 0.320 e. The van der Waals surface area contributed by atoms with E-state index in [1.165, 1.54) is 13.0 Å². The second-order valence-corrected chi connectivity index (χ2v) is 4.97. The molecule has 104 valence electrons. The Balaban J connectivity index is 2.45. The number of halogens is 2. The summed E-state index contributed by atoms with van der Waals surface area (Å²) in [6.45, 7) is 0.929. The van der Waals surface area contributed by atoms with Crippen LogP contribution in [0.2, 0.25) is 10.0 Å². The number of nitrogens with zero attached hydrogens (tertiary/aromatic N) is 1. The number of hydrogen-bond donors (Lipinski definition) is 1. The van der Waals surface area contributed by atoms with Gasteiger partial charge in [-0.1, -0.05) is 29.3 Å². The third-order valence-corrected chi connectivity index (χ3v) is 3.38. The summed E-state index contributed by atoms with van der Waals surface area (Å²) in [6, 6.07) is 4.88. The molecule has 1 heterocycles. The predicted octanol–water partition coefficient (Wildman–Crippen LogP) is 1.84. The lowest BCUT2D eigenvalue weighted by Gasteiger charge is -2.25. The molecule has 1 fully saturated rings. The highest BCUT2D eigenvalue weighted by atomic mass is 35.5. The van der Waals surface area contributed by atoms with Crippen LogP contribution in [0.15, 0.2) is 23.9 Å². The SMILES string of the molecule is CC(=O)N1CC(=O)N/C(=C/c2c(Cl)cccc2Cl)C1=O. The lowest BCUT2D eigenvalue weighted by molar-refractivity contribution is -0.147. The summed E-state index contributed by atoms with van der Waals surface area (Å²) in [7, 11) is 0. The van der Waals surface area contributed by atoms with E-state index >= 15 is 0 Å². The van der Waals surface area contributed by atoms with Gasteiger partial charge >= 0.3 is 0 Å². The van der Waals surface area contributed by atoms with E-state index in [2.05, 4.69) is 5.32 Å². The van der Waals surface area contributed by atoms with E-state index in [-0.39, 0.29) is 12.2 Å². The lowest BCUT2D eigenvalue weighted by atomic mass is 10.1. The van der Waals surface area contributed by atoms with Gasteiger partial charge in [-0.15, -0.1) is 0 Å². The van der Waals surface area contributed by atoms with Crippen molar-refractivity contribution in [2.75, 3.05) is 6.54 Å². The zero-order chi connectivity index (χ0) is 14.9. The molecule has 1 aliphatic rings. The van der Waals surface area contributed by atoms with Gasteiger partial charge in [-0.05, 0) is 18.2 Å². The molecule has 0 unspecified atom stereocenters. The number of nitrogens with one attached hydrogen (secondary N) is 1. The van der Waals surface area contributed by atoms with E-state index in [1.807, 2.05) is 0 Å². The first-order chi connectivity index (χ1) is 9.40. The Bertz CT molecular complexity index is 620.